The van der Waals surface area contributed by atoms with Crippen LogP contribution in [0.25, 0.3) is 0 Å². The molecule has 1 N–H and O–H groups in total. The van der Waals surface area contributed by atoms with Gasteiger partial charge in [0, 0.05) is 16.8 Å². The van der Waals surface area contributed by atoms with Gasteiger partial charge in [0.2, 0.25) is 5.95 Å². The van der Waals surface area contributed by atoms with Crippen molar-refractivity contribution in [1.29, 1.82) is 0 Å². The molecule has 0 atom stereocenters. The van der Waals surface area contributed by atoms with Crippen LogP contribution in [-0.2, 0) is 12.6 Å². The number of nitrogens with one attached hydrogen (secondary N) is 1. The molecule has 0 amide bonds. The third kappa shape index (κ3) is 6.22. The zero-order valence-electron chi connectivity index (χ0n) is 16.0. The third-order valence-corrected chi connectivity index (χ3v) is 5.28. The fraction of sp³-hybridized carbons (Fsp3) is 0.273. The minimum atomic E-state index is -4.52. The first-order chi connectivity index (χ1) is 14.0. The predicted octanol–water partition coefficient (Wildman–Crippen LogP) is 7.12. The molecule has 1 heterocycles. The van der Waals surface area contributed by atoms with Crippen LogP contribution in [0.2, 0.25) is 0 Å². The van der Waals surface area contributed by atoms with Crippen LogP contribution in [0, 0.1) is 0 Å². The maximum absolute atomic E-state index is 13.4. The highest BCUT2D eigenvalue weighted by molar-refractivity contribution is 7.99. The molecule has 0 unspecified atom stereocenters. The minimum absolute atomic E-state index is 0.125. The maximum Gasteiger partial charge on any atom is 0.420 e. The van der Waals surface area contributed by atoms with Gasteiger partial charge in [-0.2, -0.15) is 13.2 Å². The first-order valence-corrected chi connectivity index (χ1v) is 10.3. The fourth-order valence-electron chi connectivity index (χ4n) is 2.81. The van der Waals surface area contributed by atoms with Crippen molar-refractivity contribution in [3.05, 3.63) is 71.9 Å². The van der Waals surface area contributed by atoms with Gasteiger partial charge in [-0.1, -0.05) is 61.9 Å². The number of aryl methyl sites for hydroxylation is 1. The summed E-state index contributed by atoms with van der Waals surface area (Å²) >= 11 is 0.971. The Balaban J connectivity index is 1.83. The zero-order valence-corrected chi connectivity index (χ0v) is 16.9. The van der Waals surface area contributed by atoms with Gasteiger partial charge in [0.15, 0.2) is 0 Å². The Morgan fingerprint density at radius 2 is 1.79 bits per heavy atom. The lowest BCUT2D eigenvalue weighted by atomic mass is 10.1. The summed E-state index contributed by atoms with van der Waals surface area (Å²) < 4.78 is 40.2. The number of rotatable bonds is 8. The van der Waals surface area contributed by atoms with E-state index in [0.29, 0.717) is 4.90 Å². The quantitative estimate of drug-likeness (QED) is 0.313. The van der Waals surface area contributed by atoms with E-state index in [9.17, 15) is 13.2 Å². The monoisotopic (exact) mass is 417 g/mol. The summed E-state index contributed by atoms with van der Waals surface area (Å²) in [4.78, 5) is 8.73. The van der Waals surface area contributed by atoms with Crippen LogP contribution in [0.1, 0.15) is 37.3 Å². The standard InChI is InChI=1S/C22H22F3N3S/c1-2-3-5-9-16-10-8-11-17(14-16)27-21-26-15-19(22(23,24)25)20(28-21)29-18-12-6-4-7-13-18/h4,6-8,10-15H,2-3,5,9H2,1H3,(H,26,27,28). The Morgan fingerprint density at radius 1 is 1.00 bits per heavy atom. The molecule has 0 aliphatic heterocycles. The van der Waals surface area contributed by atoms with Gasteiger partial charge in [0.05, 0.1) is 0 Å². The summed E-state index contributed by atoms with van der Waals surface area (Å²) in [6, 6.07) is 16.7. The van der Waals surface area contributed by atoms with Gasteiger partial charge >= 0.3 is 6.18 Å². The number of nitrogens with zero attached hydrogens (tertiary/aromatic N) is 2. The van der Waals surface area contributed by atoms with Crippen molar-refractivity contribution < 1.29 is 13.2 Å². The van der Waals surface area contributed by atoms with Gasteiger partial charge < -0.3 is 5.32 Å². The lowest BCUT2D eigenvalue weighted by Gasteiger charge is -2.13. The highest BCUT2D eigenvalue weighted by Gasteiger charge is 2.35. The molecule has 0 bridgehead atoms. The summed E-state index contributed by atoms with van der Waals surface area (Å²) in [6.45, 7) is 2.16. The summed E-state index contributed by atoms with van der Waals surface area (Å²) in [7, 11) is 0. The van der Waals surface area contributed by atoms with Crippen molar-refractivity contribution in [2.75, 3.05) is 5.32 Å². The fourth-order valence-corrected chi connectivity index (χ4v) is 3.74. The van der Waals surface area contributed by atoms with Crippen LogP contribution in [0.4, 0.5) is 24.8 Å². The van der Waals surface area contributed by atoms with E-state index in [1.165, 1.54) is 12.0 Å². The van der Waals surface area contributed by atoms with Crippen LogP contribution in [0.3, 0.4) is 0 Å². The van der Waals surface area contributed by atoms with Crippen LogP contribution in [0.5, 0.6) is 0 Å². The summed E-state index contributed by atoms with van der Waals surface area (Å²) in [6.07, 6.45) is 0.709. The Labute approximate surface area is 172 Å². The molecule has 0 spiro atoms. The molecule has 1 aromatic heterocycles. The van der Waals surface area contributed by atoms with E-state index in [0.717, 1.165) is 42.9 Å². The second-order valence-corrected chi connectivity index (χ2v) is 7.67. The number of hydrogen-bond acceptors (Lipinski definition) is 4. The van der Waals surface area contributed by atoms with Gasteiger partial charge in [-0.3, -0.25) is 0 Å². The molecule has 152 valence electrons. The molecule has 2 aromatic carbocycles. The van der Waals surface area contributed by atoms with E-state index in [1.807, 2.05) is 30.3 Å². The van der Waals surface area contributed by atoms with Crippen molar-refractivity contribution in [1.82, 2.24) is 9.97 Å². The first-order valence-electron chi connectivity index (χ1n) is 9.49. The predicted molar refractivity (Wildman–Crippen MR) is 111 cm³/mol. The third-order valence-electron chi connectivity index (χ3n) is 4.27. The van der Waals surface area contributed by atoms with Gasteiger partial charge in [0.25, 0.3) is 0 Å². The normalized spacial score (nSPS) is 11.4. The van der Waals surface area contributed by atoms with Crippen molar-refractivity contribution in [2.24, 2.45) is 0 Å². The van der Waals surface area contributed by atoms with Gasteiger partial charge in [0.1, 0.15) is 10.6 Å². The Kier molecular flexibility index (Phi) is 7.14. The number of aromatic nitrogens is 2. The number of anilines is 2. The second-order valence-electron chi connectivity index (χ2n) is 6.61. The van der Waals surface area contributed by atoms with Crippen LogP contribution in [0.15, 0.2) is 70.7 Å². The summed E-state index contributed by atoms with van der Waals surface area (Å²) in [5.41, 5.74) is 1.09. The molecular weight excluding hydrogens is 395 g/mol. The van der Waals surface area contributed by atoms with Crippen molar-refractivity contribution in [2.45, 2.75) is 48.7 Å². The topological polar surface area (TPSA) is 37.8 Å². The molecule has 7 heteroatoms. The van der Waals surface area contributed by atoms with Gasteiger partial charge in [-0.15, -0.1) is 0 Å². The average Bonchev–Trinajstić information content (AvgIpc) is 2.69. The van der Waals surface area contributed by atoms with E-state index >= 15 is 0 Å². The molecule has 0 radical (unpaired) electrons. The highest BCUT2D eigenvalue weighted by atomic mass is 32.2. The lowest BCUT2D eigenvalue weighted by Crippen LogP contribution is -2.10. The highest BCUT2D eigenvalue weighted by Crippen LogP contribution is 2.38. The van der Waals surface area contributed by atoms with Crippen molar-refractivity contribution in [3.8, 4) is 0 Å². The molecule has 3 rings (SSSR count). The molecule has 3 aromatic rings. The first kappa shape index (κ1) is 21.2. The lowest BCUT2D eigenvalue weighted by molar-refractivity contribution is -0.140. The number of halogens is 3. The van der Waals surface area contributed by atoms with E-state index in [2.05, 4.69) is 22.2 Å². The smallest absolute Gasteiger partial charge is 0.324 e. The van der Waals surface area contributed by atoms with E-state index in [1.54, 1.807) is 24.3 Å². The maximum atomic E-state index is 13.4. The molecule has 0 saturated carbocycles. The molecule has 0 saturated heterocycles. The number of benzene rings is 2. The number of unbranched alkanes of at least 4 members (excludes halogenated alkanes) is 2. The number of hydrogen-bond donors (Lipinski definition) is 1. The molecule has 0 fully saturated rings. The Morgan fingerprint density at radius 3 is 2.52 bits per heavy atom. The molecule has 0 aliphatic rings. The van der Waals surface area contributed by atoms with E-state index in [4.69, 9.17) is 0 Å². The van der Waals surface area contributed by atoms with Crippen LogP contribution < -0.4 is 5.32 Å². The zero-order chi connectivity index (χ0) is 20.7. The number of alkyl halides is 3. The Hall–Kier alpha value is -2.54. The molecule has 3 nitrogen and oxygen atoms in total. The van der Waals surface area contributed by atoms with E-state index < -0.39 is 11.7 Å². The molecular formula is C22H22F3N3S. The van der Waals surface area contributed by atoms with Gasteiger partial charge in [-0.25, -0.2) is 9.97 Å². The summed E-state index contributed by atoms with van der Waals surface area (Å²) in [5.74, 6) is 0.141. The Bertz CT molecular complexity index is 930. The largest absolute Gasteiger partial charge is 0.420 e. The van der Waals surface area contributed by atoms with Crippen molar-refractivity contribution >= 4 is 23.4 Å². The molecule has 0 aliphatic carbocycles. The average molecular weight is 418 g/mol. The van der Waals surface area contributed by atoms with Crippen LogP contribution >= 0.6 is 11.8 Å². The van der Waals surface area contributed by atoms with Gasteiger partial charge in [-0.05, 0) is 42.7 Å². The second kappa shape index (κ2) is 9.78. The minimum Gasteiger partial charge on any atom is -0.324 e. The SMILES string of the molecule is CCCCCc1cccc(Nc2ncc(C(F)(F)F)c(Sc3ccccc3)n2)c1. The molecule has 29 heavy (non-hydrogen) atoms. The van der Waals surface area contributed by atoms with E-state index in [-0.39, 0.29) is 11.0 Å². The summed E-state index contributed by atoms with van der Waals surface area (Å²) in [5, 5.41) is 2.91. The van der Waals surface area contributed by atoms with Crippen LogP contribution in [-0.4, -0.2) is 9.97 Å². The van der Waals surface area contributed by atoms with Crippen molar-refractivity contribution in [3.63, 3.8) is 0 Å².